The number of nitrogens with one attached hydrogen (secondary N) is 2. The molecule has 22 heteroatoms. The molecular formula is C80H104N7O13S2+. The van der Waals surface area contributed by atoms with Gasteiger partial charge in [0, 0.05) is 85.9 Å². The minimum atomic E-state index is -4.10. The lowest BCUT2D eigenvalue weighted by molar-refractivity contribution is -0.438. The van der Waals surface area contributed by atoms with Crippen molar-refractivity contribution in [1.82, 2.24) is 15.1 Å². The monoisotopic (exact) mass is 1430 g/mol. The van der Waals surface area contributed by atoms with Crippen LogP contribution in [0.25, 0.3) is 22.0 Å². The molecule has 4 aliphatic rings. The first kappa shape index (κ1) is 77.1. The second kappa shape index (κ2) is 34.9. The van der Waals surface area contributed by atoms with Crippen LogP contribution in [0.2, 0.25) is 0 Å². The predicted molar refractivity (Wildman–Crippen MR) is 404 cm³/mol. The quantitative estimate of drug-likeness (QED) is 0.0136. The van der Waals surface area contributed by atoms with E-state index in [2.05, 4.69) is 165 Å². The topological polar surface area (TPSA) is 263 Å². The Hall–Kier alpha value is -7.48. The molecule has 3 heterocycles. The third-order valence-corrected chi connectivity index (χ3v) is 21.4. The van der Waals surface area contributed by atoms with Crippen molar-refractivity contribution in [1.29, 1.82) is 0 Å². The van der Waals surface area contributed by atoms with E-state index < -0.39 is 31.6 Å². The van der Waals surface area contributed by atoms with Gasteiger partial charge in [-0.3, -0.25) is 18.7 Å². The Kier molecular flexibility index (Phi) is 26.4. The highest BCUT2D eigenvalue weighted by atomic mass is 32.2. The molecule has 1 aromatic heterocycles. The number of nitrogens with zero attached hydrogens (tertiary/aromatic N) is 4. The number of allylic oxidation sites excluding steroid dienone is 8. The number of Topliss-reactive ketones (excluding diaryl/α,β-unsaturated/α-hetero) is 1. The number of carbonyl (C=O) groups is 2. The highest BCUT2D eigenvalue weighted by Gasteiger charge is 2.46. The van der Waals surface area contributed by atoms with Gasteiger partial charge in [0.2, 0.25) is 5.69 Å². The molecule has 0 saturated heterocycles. The normalized spacial score (nSPS) is 17.2. The molecule has 20 nitrogen and oxygen atoms in total. The van der Waals surface area contributed by atoms with E-state index in [1.807, 2.05) is 29.8 Å². The van der Waals surface area contributed by atoms with E-state index in [0.717, 1.165) is 89.3 Å². The second-order valence-corrected chi connectivity index (χ2v) is 32.0. The standard InChI is InChI=1S/C80H103N7O13S2/c1-57-74-70(54-78(2,3)55-71(74)88)87(84-57)63-32-33-65(77(81)89)67(53-63)83-38-18-42-97-44-46-99-48-50-100-49-47-98-45-43-96-41-17-37-82-56-58-25-27-62(28-26-58)75-60(30-35-72-79(4,5)66-23-10-11-24-68(66)85(72)39-12-14-51-101(90,91)92)20-16-21-61(75)31-36-73-80(6,7)76-64-22-9-8-19-59(64)29-34-69(76)86(73)40-13-15-52-102(93,94)95/h8-11,19,22-36,53,82H,12-18,20-21,37-52,54-56H2,1-7H3,(H4-,81,83,89,90,91,92,93,94,95)/p+1. The Morgan fingerprint density at radius 2 is 1.32 bits per heavy atom. The summed E-state index contributed by atoms with van der Waals surface area (Å²) in [6.07, 6.45) is 16.4. The van der Waals surface area contributed by atoms with E-state index in [1.165, 1.54) is 33.2 Å². The average molecular weight is 1440 g/mol. The Labute approximate surface area is 603 Å². The van der Waals surface area contributed by atoms with Crippen molar-refractivity contribution in [2.24, 2.45) is 11.1 Å². The molecule has 0 spiro atoms. The van der Waals surface area contributed by atoms with E-state index in [0.29, 0.717) is 153 Å². The summed E-state index contributed by atoms with van der Waals surface area (Å²) < 4.78 is 99.1. The van der Waals surface area contributed by atoms with Crippen molar-refractivity contribution in [3.63, 3.8) is 0 Å². The number of benzene rings is 5. The molecule has 0 fully saturated rings. The molecule has 1 amide bonds. The number of rotatable bonds is 39. The first-order valence-electron chi connectivity index (χ1n) is 36.1. The van der Waals surface area contributed by atoms with Crippen LogP contribution in [0, 0.1) is 12.3 Å². The third kappa shape index (κ3) is 19.9. The van der Waals surface area contributed by atoms with Gasteiger partial charge in [-0.05, 0) is 171 Å². The molecule has 0 bridgehead atoms. The van der Waals surface area contributed by atoms with Crippen molar-refractivity contribution >= 4 is 71.0 Å². The van der Waals surface area contributed by atoms with E-state index in [9.17, 15) is 35.5 Å². The lowest BCUT2D eigenvalue weighted by atomic mass is 9.75. The lowest BCUT2D eigenvalue weighted by Gasteiger charge is -2.29. The average Bonchev–Trinajstić information content (AvgIpc) is 1.59. The third-order valence-electron chi connectivity index (χ3n) is 19.8. The first-order chi connectivity index (χ1) is 48.8. The second-order valence-electron chi connectivity index (χ2n) is 28.9. The van der Waals surface area contributed by atoms with Crippen LogP contribution < -0.4 is 21.3 Å². The van der Waals surface area contributed by atoms with Gasteiger partial charge in [-0.25, -0.2) is 4.68 Å². The predicted octanol–water partition coefficient (Wildman–Crippen LogP) is 13.2. The van der Waals surface area contributed by atoms with Crippen LogP contribution in [-0.2, 0) is 67.7 Å². The van der Waals surface area contributed by atoms with Gasteiger partial charge in [-0.2, -0.15) is 26.5 Å². The smallest absolute Gasteiger partial charge is 0.264 e. The first-order valence-corrected chi connectivity index (χ1v) is 39.3. The number of carbonyl (C=O) groups excluding carboxylic acids is 2. The summed E-state index contributed by atoms with van der Waals surface area (Å²) in [5, 5.41) is 14.0. The molecule has 0 unspecified atom stereocenters. The van der Waals surface area contributed by atoms with E-state index >= 15 is 0 Å². The molecule has 0 atom stereocenters. The van der Waals surface area contributed by atoms with Gasteiger partial charge < -0.3 is 45.0 Å². The Balaban J connectivity index is 0.675. The number of unbranched alkanes of at least 4 members (excludes halogenated alkanes) is 2. The maximum Gasteiger partial charge on any atom is 0.264 e. The van der Waals surface area contributed by atoms with Crippen molar-refractivity contribution in [3.8, 4) is 5.69 Å². The van der Waals surface area contributed by atoms with Crippen LogP contribution in [0.3, 0.4) is 0 Å². The summed E-state index contributed by atoms with van der Waals surface area (Å²) in [5.41, 5.74) is 21.6. The summed E-state index contributed by atoms with van der Waals surface area (Å²) in [6, 6.07) is 35.5. The molecule has 102 heavy (non-hydrogen) atoms. The number of nitrogens with two attached hydrogens (primary N) is 1. The van der Waals surface area contributed by atoms with Gasteiger partial charge in [0.15, 0.2) is 11.5 Å². The number of hydrogen-bond acceptors (Lipinski definition) is 15. The molecule has 0 saturated carbocycles. The summed E-state index contributed by atoms with van der Waals surface area (Å²) in [5.74, 6) is -0.993. The molecular weight excluding hydrogens is 1330 g/mol. The maximum absolute atomic E-state index is 13.0. The molecule has 6 N–H and O–H groups in total. The molecule has 6 aromatic rings. The number of primary amides is 1. The van der Waals surface area contributed by atoms with Crippen LogP contribution in [0.1, 0.15) is 160 Å². The van der Waals surface area contributed by atoms with Gasteiger partial charge >= 0.3 is 0 Å². The van der Waals surface area contributed by atoms with Gasteiger partial charge in [-0.15, -0.1) is 0 Å². The van der Waals surface area contributed by atoms with Crippen molar-refractivity contribution in [2.45, 2.75) is 136 Å². The van der Waals surface area contributed by atoms with Gasteiger partial charge in [0.1, 0.15) is 6.54 Å². The van der Waals surface area contributed by atoms with Crippen LogP contribution >= 0.6 is 0 Å². The molecule has 10 rings (SSSR count). The maximum atomic E-state index is 13.0. The van der Waals surface area contributed by atoms with E-state index in [4.69, 9.17) is 34.5 Å². The minimum Gasteiger partial charge on any atom is -0.384 e. The lowest BCUT2D eigenvalue weighted by Crippen LogP contribution is -2.28. The van der Waals surface area contributed by atoms with Crippen molar-refractivity contribution < 1.29 is 63.8 Å². The SMILES string of the molecule is Cc1nn(-c2ccc(C(N)=O)c(NCCCOCCOCCOCCOCCOCCCNCc3ccc(C4=C(/C=C/C5=[N+](CCCCS(=O)(=O)O)c6ccc7ccccc7c6C5(C)C)CCC/C4=C\C=C4\N(CCCCS(=O)(=O)O)c5ccccc5C4(C)C)cc3)c2)c2c1C(=O)CC(C)(C)C2. The van der Waals surface area contributed by atoms with Crippen LogP contribution in [-0.4, -0.2) is 161 Å². The van der Waals surface area contributed by atoms with Crippen LogP contribution in [0.4, 0.5) is 17.1 Å². The number of aryl methyl sites for hydroxylation is 1. The van der Waals surface area contributed by atoms with E-state index in [1.54, 1.807) is 6.07 Å². The summed E-state index contributed by atoms with van der Waals surface area (Å²) >= 11 is 0. The molecule has 5 aromatic carbocycles. The number of aromatic nitrogens is 2. The zero-order chi connectivity index (χ0) is 72.7. The van der Waals surface area contributed by atoms with E-state index in [-0.39, 0.29) is 28.1 Å². The van der Waals surface area contributed by atoms with Crippen LogP contribution in [0.15, 0.2) is 144 Å². The van der Waals surface area contributed by atoms with Gasteiger partial charge in [0.25, 0.3) is 26.1 Å². The number of hydrogen-bond donors (Lipinski definition) is 5. The number of para-hydroxylation sites is 1. The number of fused-ring (bicyclic) bond motifs is 5. The zero-order valence-corrected chi connectivity index (χ0v) is 62.1. The minimum absolute atomic E-state index is 0.108. The summed E-state index contributed by atoms with van der Waals surface area (Å²) in [4.78, 5) is 27.6. The molecule has 2 aliphatic heterocycles. The summed E-state index contributed by atoms with van der Waals surface area (Å²) in [7, 11) is -8.17. The zero-order valence-electron chi connectivity index (χ0n) is 60.5. The highest BCUT2D eigenvalue weighted by Crippen LogP contribution is 2.49. The largest absolute Gasteiger partial charge is 0.384 e. The van der Waals surface area contributed by atoms with Crippen molar-refractivity contribution in [2.75, 3.05) is 114 Å². The fraction of sp³-hybridized carbons (Fsp3) is 0.475. The highest BCUT2D eigenvalue weighted by molar-refractivity contribution is 7.86. The number of ether oxygens (including phenoxy) is 5. The fourth-order valence-electron chi connectivity index (χ4n) is 14.8. The van der Waals surface area contributed by atoms with Crippen molar-refractivity contribution in [3.05, 3.63) is 189 Å². The summed E-state index contributed by atoms with van der Waals surface area (Å²) in [6.45, 7) is 23.0. The Morgan fingerprint density at radius 3 is 2.00 bits per heavy atom. The van der Waals surface area contributed by atoms with Gasteiger partial charge in [-0.1, -0.05) is 107 Å². The fourth-order valence-corrected chi connectivity index (χ4v) is 16.0. The molecule has 0 radical (unpaired) electrons. The Bertz CT molecular complexity index is 4360. The van der Waals surface area contributed by atoms with Crippen LogP contribution in [0.5, 0.6) is 0 Å². The van der Waals surface area contributed by atoms with Gasteiger partial charge in [0.05, 0.1) is 98.0 Å². The molecule has 2 aliphatic carbocycles. The number of ketones is 1. The number of amides is 1. The molecule has 548 valence electrons. The number of anilines is 2. The Morgan fingerprint density at radius 1 is 0.686 bits per heavy atom.